The van der Waals surface area contributed by atoms with E-state index in [0.717, 1.165) is 0 Å². The number of aliphatic hydroxyl groups is 7. The standard InChI is InChI=1S/C24H32N4O9/c29-12-17(31)23(37-24-22(35)21(34)20(33)18(13-30)36-24)19(32)16(28-27-15-9-5-2-6-10-15)11-25-26-14-7-3-1-4-8-14/h1-11,17-24,26-27,29-35H,12-13H2/b25-11+,28-16-/t17-,18+,19+,20-,21-,22-,23-,24-/m1/s1. The maximum atomic E-state index is 11.1. The van der Waals surface area contributed by atoms with E-state index in [9.17, 15) is 35.7 Å². The molecule has 13 heteroatoms. The third kappa shape index (κ3) is 7.75. The van der Waals surface area contributed by atoms with Crippen LogP contribution in [0.15, 0.2) is 70.9 Å². The summed E-state index contributed by atoms with van der Waals surface area (Å²) in [7, 11) is 0. The Balaban J connectivity index is 1.85. The summed E-state index contributed by atoms with van der Waals surface area (Å²) in [6.45, 7) is -1.55. The first kappa shape index (κ1) is 28.6. The molecule has 8 atom stereocenters. The van der Waals surface area contributed by atoms with Crippen molar-refractivity contribution in [1.82, 2.24) is 0 Å². The average Bonchev–Trinajstić information content (AvgIpc) is 2.93. The van der Waals surface area contributed by atoms with Crippen molar-refractivity contribution in [2.45, 2.75) is 49.0 Å². The van der Waals surface area contributed by atoms with Crippen LogP contribution in [-0.2, 0) is 9.47 Å². The summed E-state index contributed by atoms with van der Waals surface area (Å²) in [6, 6.07) is 17.7. The number of hydrazone groups is 2. The average molecular weight is 521 g/mol. The van der Waals surface area contributed by atoms with Crippen LogP contribution >= 0.6 is 0 Å². The largest absolute Gasteiger partial charge is 0.394 e. The normalized spacial score (nSPS) is 27.0. The zero-order chi connectivity index (χ0) is 26.8. The molecule has 1 saturated heterocycles. The zero-order valence-corrected chi connectivity index (χ0v) is 19.7. The SMILES string of the molecule is OC[C@@H](O)[C@@H](O[C@H]1O[C@@H](CO)[C@@H](O)[C@@H](O)[C@H]1O)[C@@H](O)C(/C=N/Nc1ccccc1)=N\Nc1ccccc1. The van der Waals surface area contributed by atoms with Crippen molar-refractivity contribution >= 4 is 23.3 Å². The molecule has 0 aromatic heterocycles. The lowest BCUT2D eigenvalue weighted by molar-refractivity contribution is -0.322. The van der Waals surface area contributed by atoms with E-state index in [4.69, 9.17) is 9.47 Å². The van der Waals surface area contributed by atoms with Crippen LogP contribution in [0.2, 0.25) is 0 Å². The first-order valence-electron chi connectivity index (χ1n) is 11.5. The molecular formula is C24H32N4O9. The first-order chi connectivity index (χ1) is 17.8. The van der Waals surface area contributed by atoms with Gasteiger partial charge in [0.1, 0.15) is 48.4 Å². The number of anilines is 2. The van der Waals surface area contributed by atoms with Crippen molar-refractivity contribution in [3.05, 3.63) is 60.7 Å². The van der Waals surface area contributed by atoms with Gasteiger partial charge in [0.25, 0.3) is 0 Å². The van der Waals surface area contributed by atoms with Crippen molar-refractivity contribution in [2.24, 2.45) is 10.2 Å². The summed E-state index contributed by atoms with van der Waals surface area (Å²) in [5.41, 5.74) is 6.59. The summed E-state index contributed by atoms with van der Waals surface area (Å²) in [5.74, 6) is 0. The first-order valence-corrected chi connectivity index (χ1v) is 11.5. The zero-order valence-electron chi connectivity index (χ0n) is 19.7. The number of ether oxygens (including phenoxy) is 2. The van der Waals surface area contributed by atoms with Gasteiger partial charge in [-0.3, -0.25) is 10.9 Å². The molecule has 0 unspecified atom stereocenters. The van der Waals surface area contributed by atoms with Gasteiger partial charge in [-0.2, -0.15) is 10.2 Å². The summed E-state index contributed by atoms with van der Waals surface area (Å²) in [4.78, 5) is 0. The van der Waals surface area contributed by atoms with Gasteiger partial charge in [0.15, 0.2) is 6.29 Å². The van der Waals surface area contributed by atoms with E-state index >= 15 is 0 Å². The van der Waals surface area contributed by atoms with E-state index in [-0.39, 0.29) is 5.71 Å². The second-order valence-corrected chi connectivity index (χ2v) is 8.24. The fourth-order valence-corrected chi connectivity index (χ4v) is 3.48. The molecule has 1 aliphatic heterocycles. The Bertz CT molecular complexity index is 996. The fraction of sp³-hybridized carbons (Fsp3) is 0.417. The number of nitrogens with one attached hydrogen (secondary N) is 2. The quantitative estimate of drug-likeness (QED) is 0.116. The van der Waals surface area contributed by atoms with Crippen LogP contribution < -0.4 is 10.9 Å². The van der Waals surface area contributed by atoms with E-state index in [1.807, 2.05) is 6.07 Å². The number of aliphatic hydroxyl groups excluding tert-OH is 7. The molecule has 1 fully saturated rings. The van der Waals surface area contributed by atoms with Crippen molar-refractivity contribution in [3.8, 4) is 0 Å². The van der Waals surface area contributed by atoms with Gasteiger partial charge in [-0.05, 0) is 24.3 Å². The molecule has 1 heterocycles. The minimum absolute atomic E-state index is 0.144. The van der Waals surface area contributed by atoms with E-state index in [1.54, 1.807) is 54.6 Å². The fourth-order valence-electron chi connectivity index (χ4n) is 3.48. The Morgan fingerprint density at radius 2 is 1.49 bits per heavy atom. The summed E-state index contributed by atoms with van der Waals surface area (Å²) >= 11 is 0. The lowest BCUT2D eigenvalue weighted by atomic mass is 9.98. The Hall–Kier alpha value is -2.98. The summed E-state index contributed by atoms with van der Waals surface area (Å²) in [5, 5.41) is 79.1. The molecule has 13 nitrogen and oxygen atoms in total. The highest BCUT2D eigenvalue weighted by Gasteiger charge is 2.46. The van der Waals surface area contributed by atoms with Gasteiger partial charge in [0.2, 0.25) is 0 Å². The number of hydrogen-bond acceptors (Lipinski definition) is 13. The Morgan fingerprint density at radius 1 is 0.892 bits per heavy atom. The molecule has 0 aliphatic carbocycles. The van der Waals surface area contributed by atoms with Crippen molar-refractivity contribution in [3.63, 3.8) is 0 Å². The van der Waals surface area contributed by atoms with Crippen molar-refractivity contribution in [1.29, 1.82) is 0 Å². The number of rotatable bonds is 12. The third-order valence-corrected chi connectivity index (χ3v) is 5.57. The monoisotopic (exact) mass is 520 g/mol. The maximum Gasteiger partial charge on any atom is 0.187 e. The van der Waals surface area contributed by atoms with E-state index in [1.165, 1.54) is 6.21 Å². The molecule has 0 spiro atoms. The Morgan fingerprint density at radius 3 is 2.05 bits per heavy atom. The van der Waals surface area contributed by atoms with Gasteiger partial charge < -0.3 is 45.2 Å². The molecule has 37 heavy (non-hydrogen) atoms. The topological polar surface area (TPSA) is 209 Å². The molecule has 2 aromatic carbocycles. The molecule has 0 bridgehead atoms. The molecule has 1 aliphatic rings. The van der Waals surface area contributed by atoms with Gasteiger partial charge in [0, 0.05) is 0 Å². The van der Waals surface area contributed by atoms with Crippen LogP contribution in [0.5, 0.6) is 0 Å². The Labute approximate surface area is 212 Å². The third-order valence-electron chi connectivity index (χ3n) is 5.57. The van der Waals surface area contributed by atoms with Gasteiger partial charge in [-0.15, -0.1) is 0 Å². The lowest BCUT2D eigenvalue weighted by Crippen LogP contribution is -2.61. The second-order valence-electron chi connectivity index (χ2n) is 8.24. The smallest absolute Gasteiger partial charge is 0.187 e. The van der Waals surface area contributed by atoms with Gasteiger partial charge in [-0.1, -0.05) is 36.4 Å². The molecular weight excluding hydrogens is 488 g/mol. The minimum Gasteiger partial charge on any atom is -0.394 e. The highest BCUT2D eigenvalue weighted by molar-refractivity contribution is 6.33. The minimum atomic E-state index is -1.80. The highest BCUT2D eigenvalue weighted by atomic mass is 16.7. The number of hydrogen-bond donors (Lipinski definition) is 9. The predicted octanol–water partition coefficient (Wildman–Crippen LogP) is -1.55. The van der Waals surface area contributed by atoms with E-state index < -0.39 is 62.2 Å². The number of para-hydroxylation sites is 2. The van der Waals surface area contributed by atoms with Crippen LogP contribution in [0.1, 0.15) is 0 Å². The Kier molecular flexibility index (Phi) is 10.9. The van der Waals surface area contributed by atoms with E-state index in [2.05, 4.69) is 21.1 Å². The second kappa shape index (κ2) is 14.1. The molecule has 9 N–H and O–H groups in total. The van der Waals surface area contributed by atoms with Crippen molar-refractivity contribution < 1.29 is 45.2 Å². The van der Waals surface area contributed by atoms with Crippen LogP contribution in [0, 0.1) is 0 Å². The van der Waals surface area contributed by atoms with Crippen LogP contribution in [-0.4, -0.2) is 110 Å². The molecule has 0 amide bonds. The van der Waals surface area contributed by atoms with Crippen LogP contribution in [0.25, 0.3) is 0 Å². The van der Waals surface area contributed by atoms with Crippen LogP contribution in [0.3, 0.4) is 0 Å². The van der Waals surface area contributed by atoms with Gasteiger partial charge in [-0.25, -0.2) is 0 Å². The van der Waals surface area contributed by atoms with E-state index in [0.29, 0.717) is 11.4 Å². The van der Waals surface area contributed by atoms with Gasteiger partial charge in [0.05, 0.1) is 30.8 Å². The van der Waals surface area contributed by atoms with Gasteiger partial charge >= 0.3 is 0 Å². The number of nitrogens with zero attached hydrogens (tertiary/aromatic N) is 2. The van der Waals surface area contributed by atoms with Crippen LogP contribution in [0.4, 0.5) is 11.4 Å². The lowest BCUT2D eigenvalue weighted by Gasteiger charge is -2.41. The summed E-state index contributed by atoms with van der Waals surface area (Å²) in [6.07, 6.45) is -12.1. The maximum absolute atomic E-state index is 11.1. The van der Waals surface area contributed by atoms with Crippen molar-refractivity contribution in [2.75, 3.05) is 24.1 Å². The number of benzene rings is 2. The molecule has 3 rings (SSSR count). The highest BCUT2D eigenvalue weighted by Crippen LogP contribution is 2.24. The molecule has 0 radical (unpaired) electrons. The molecule has 0 saturated carbocycles. The molecule has 202 valence electrons. The molecule has 2 aromatic rings. The predicted molar refractivity (Wildman–Crippen MR) is 134 cm³/mol. The summed E-state index contributed by atoms with van der Waals surface area (Å²) < 4.78 is 10.9.